The molecule has 24 heavy (non-hydrogen) atoms. The van der Waals surface area contributed by atoms with Gasteiger partial charge in [-0.25, -0.2) is 8.42 Å². The molecular formula is C17H24N2O4S. The largest absolute Gasteiger partial charge is 0.378 e. The molecule has 1 N–H and O–H groups in total. The Hall–Kier alpha value is -1.60. The average molecular weight is 352 g/mol. The highest BCUT2D eigenvalue weighted by Gasteiger charge is 2.29. The zero-order chi connectivity index (χ0) is 17.0. The fourth-order valence-corrected chi connectivity index (χ4v) is 4.91. The Morgan fingerprint density at radius 2 is 1.75 bits per heavy atom. The van der Waals surface area contributed by atoms with E-state index in [1.807, 2.05) is 0 Å². The third-order valence-corrected chi connectivity index (χ3v) is 6.55. The Balaban J connectivity index is 1.79. The second-order valence-electron chi connectivity index (χ2n) is 6.36. The lowest BCUT2D eigenvalue weighted by Gasteiger charge is -2.28. The van der Waals surface area contributed by atoms with E-state index in [1.165, 1.54) is 0 Å². The van der Waals surface area contributed by atoms with Gasteiger partial charge in [-0.2, -0.15) is 0 Å². The highest BCUT2D eigenvalue weighted by Crippen LogP contribution is 2.27. The first-order valence-corrected chi connectivity index (χ1v) is 10.1. The summed E-state index contributed by atoms with van der Waals surface area (Å²) in [5.74, 6) is -0.153. The summed E-state index contributed by atoms with van der Waals surface area (Å²) >= 11 is 0. The molecule has 0 atom stereocenters. The number of amides is 1. The normalized spacial score (nSPS) is 19.9. The van der Waals surface area contributed by atoms with Crippen molar-refractivity contribution < 1.29 is 17.9 Å². The van der Waals surface area contributed by atoms with E-state index in [0.717, 1.165) is 19.3 Å². The molecule has 0 aromatic heterocycles. The van der Waals surface area contributed by atoms with Crippen LogP contribution in [0.15, 0.2) is 24.3 Å². The van der Waals surface area contributed by atoms with Gasteiger partial charge in [-0.15, -0.1) is 0 Å². The molecule has 1 aliphatic carbocycles. The maximum atomic E-state index is 12.7. The Labute approximate surface area is 143 Å². The van der Waals surface area contributed by atoms with Crippen molar-refractivity contribution in [2.24, 2.45) is 0 Å². The number of rotatable bonds is 4. The smallest absolute Gasteiger partial charge is 0.256 e. The quantitative estimate of drug-likeness (QED) is 0.902. The van der Waals surface area contributed by atoms with Crippen LogP contribution in [-0.4, -0.2) is 50.8 Å². The molecule has 0 radical (unpaired) electrons. The lowest BCUT2D eigenvalue weighted by atomic mass is 10.0. The molecule has 2 aliphatic rings. The van der Waals surface area contributed by atoms with Crippen LogP contribution in [0, 0.1) is 0 Å². The van der Waals surface area contributed by atoms with Crippen molar-refractivity contribution in [1.82, 2.24) is 4.90 Å². The highest BCUT2D eigenvalue weighted by atomic mass is 32.2. The minimum absolute atomic E-state index is 0.153. The Morgan fingerprint density at radius 1 is 1.08 bits per heavy atom. The average Bonchev–Trinajstić information content (AvgIpc) is 2.63. The van der Waals surface area contributed by atoms with E-state index in [4.69, 9.17) is 4.74 Å². The molecule has 1 saturated heterocycles. The topological polar surface area (TPSA) is 75.7 Å². The fourth-order valence-electron chi connectivity index (χ4n) is 3.31. The lowest BCUT2D eigenvalue weighted by molar-refractivity contribution is 0.0303. The Kier molecular flexibility index (Phi) is 5.40. The van der Waals surface area contributed by atoms with Crippen LogP contribution in [-0.2, 0) is 14.8 Å². The first-order chi connectivity index (χ1) is 11.6. The van der Waals surface area contributed by atoms with Gasteiger partial charge in [-0.05, 0) is 25.0 Å². The minimum Gasteiger partial charge on any atom is -0.378 e. The molecule has 0 unspecified atom stereocenters. The third kappa shape index (κ3) is 3.89. The second-order valence-corrected chi connectivity index (χ2v) is 8.32. The van der Waals surface area contributed by atoms with E-state index < -0.39 is 10.0 Å². The summed E-state index contributed by atoms with van der Waals surface area (Å²) < 4.78 is 33.2. The van der Waals surface area contributed by atoms with Crippen LogP contribution in [0.5, 0.6) is 0 Å². The predicted molar refractivity (Wildman–Crippen MR) is 92.6 cm³/mol. The van der Waals surface area contributed by atoms with Gasteiger partial charge in [0.2, 0.25) is 10.0 Å². The van der Waals surface area contributed by atoms with Crippen LogP contribution in [0.4, 0.5) is 5.69 Å². The molecule has 1 aliphatic heterocycles. The minimum atomic E-state index is -3.47. The molecule has 3 rings (SSSR count). The van der Waals surface area contributed by atoms with Crippen LogP contribution in [0.1, 0.15) is 42.5 Å². The van der Waals surface area contributed by atoms with E-state index in [-0.39, 0.29) is 11.2 Å². The number of hydrogen-bond acceptors (Lipinski definition) is 4. The Bertz CT molecular complexity index is 678. The zero-order valence-corrected chi connectivity index (χ0v) is 14.6. The summed E-state index contributed by atoms with van der Waals surface area (Å²) in [6, 6.07) is 6.84. The van der Waals surface area contributed by atoms with Crippen LogP contribution in [0.25, 0.3) is 0 Å². The molecule has 7 heteroatoms. The van der Waals surface area contributed by atoms with Crippen LogP contribution < -0.4 is 4.72 Å². The van der Waals surface area contributed by atoms with Crippen molar-refractivity contribution >= 4 is 21.6 Å². The zero-order valence-electron chi connectivity index (χ0n) is 13.7. The second kappa shape index (κ2) is 7.53. The van der Waals surface area contributed by atoms with Gasteiger partial charge in [0.25, 0.3) is 5.91 Å². The van der Waals surface area contributed by atoms with E-state index in [9.17, 15) is 13.2 Å². The number of morpholine rings is 1. The van der Waals surface area contributed by atoms with Crippen LogP contribution >= 0.6 is 0 Å². The van der Waals surface area contributed by atoms with E-state index in [1.54, 1.807) is 29.2 Å². The molecule has 1 aromatic carbocycles. The molecule has 0 spiro atoms. The number of nitrogens with one attached hydrogen (secondary N) is 1. The van der Waals surface area contributed by atoms with Gasteiger partial charge in [0.15, 0.2) is 0 Å². The number of ether oxygens (including phenoxy) is 1. The summed E-state index contributed by atoms with van der Waals surface area (Å²) in [5, 5.41) is -0.363. The maximum Gasteiger partial charge on any atom is 0.256 e. The summed E-state index contributed by atoms with van der Waals surface area (Å²) in [7, 11) is -3.47. The van der Waals surface area contributed by atoms with Gasteiger partial charge in [0, 0.05) is 13.1 Å². The lowest BCUT2D eigenvalue weighted by Crippen LogP contribution is -2.41. The number of anilines is 1. The predicted octanol–water partition coefficient (Wildman–Crippen LogP) is 2.23. The first-order valence-electron chi connectivity index (χ1n) is 8.55. The van der Waals surface area contributed by atoms with Crippen LogP contribution in [0.2, 0.25) is 0 Å². The van der Waals surface area contributed by atoms with Gasteiger partial charge in [0.1, 0.15) is 0 Å². The molecule has 6 nitrogen and oxygen atoms in total. The summed E-state index contributed by atoms with van der Waals surface area (Å²) in [5.41, 5.74) is 0.776. The number of para-hydroxylation sites is 1. The van der Waals surface area contributed by atoms with E-state index in [2.05, 4.69) is 4.72 Å². The van der Waals surface area contributed by atoms with Gasteiger partial charge >= 0.3 is 0 Å². The number of hydrogen-bond donors (Lipinski definition) is 1. The number of sulfonamides is 1. The number of carbonyl (C=O) groups excluding carboxylic acids is 1. The van der Waals surface area contributed by atoms with E-state index in [0.29, 0.717) is 50.4 Å². The summed E-state index contributed by atoms with van der Waals surface area (Å²) in [6.07, 6.45) is 4.36. The van der Waals surface area contributed by atoms with Crippen LogP contribution in [0.3, 0.4) is 0 Å². The fraction of sp³-hybridized carbons (Fsp3) is 0.588. The summed E-state index contributed by atoms with van der Waals surface area (Å²) in [4.78, 5) is 14.4. The van der Waals surface area contributed by atoms with Crippen molar-refractivity contribution in [3.63, 3.8) is 0 Å². The first kappa shape index (κ1) is 17.2. The monoisotopic (exact) mass is 352 g/mol. The number of nitrogens with zero attached hydrogens (tertiary/aromatic N) is 1. The van der Waals surface area contributed by atoms with E-state index >= 15 is 0 Å². The molecule has 2 fully saturated rings. The van der Waals surface area contributed by atoms with Gasteiger partial charge in [0.05, 0.1) is 29.7 Å². The molecule has 1 saturated carbocycles. The number of carbonyl (C=O) groups is 1. The van der Waals surface area contributed by atoms with Crippen molar-refractivity contribution in [2.75, 3.05) is 31.0 Å². The van der Waals surface area contributed by atoms with Gasteiger partial charge in [-0.1, -0.05) is 31.4 Å². The maximum absolute atomic E-state index is 12.7. The third-order valence-electron chi connectivity index (χ3n) is 4.70. The van der Waals surface area contributed by atoms with Crippen molar-refractivity contribution in [3.8, 4) is 0 Å². The van der Waals surface area contributed by atoms with Gasteiger partial charge in [-0.3, -0.25) is 9.52 Å². The number of benzene rings is 1. The molecular weight excluding hydrogens is 328 g/mol. The molecule has 1 amide bonds. The molecule has 1 aromatic rings. The van der Waals surface area contributed by atoms with Crippen molar-refractivity contribution in [1.29, 1.82) is 0 Å². The molecule has 132 valence electrons. The molecule has 1 heterocycles. The van der Waals surface area contributed by atoms with Gasteiger partial charge < -0.3 is 9.64 Å². The molecule has 0 bridgehead atoms. The van der Waals surface area contributed by atoms with Crippen molar-refractivity contribution in [3.05, 3.63) is 29.8 Å². The Morgan fingerprint density at radius 3 is 2.46 bits per heavy atom. The summed E-state index contributed by atoms with van der Waals surface area (Å²) in [6.45, 7) is 2.09. The highest BCUT2D eigenvalue weighted by molar-refractivity contribution is 7.93. The van der Waals surface area contributed by atoms with Crippen molar-refractivity contribution in [2.45, 2.75) is 37.4 Å². The SMILES string of the molecule is O=C(c1ccccc1NS(=O)(=O)C1CCCCC1)N1CCOCC1. The standard InChI is InChI=1S/C17H24N2O4S/c20-17(19-10-12-23-13-11-19)15-8-4-5-9-16(15)18-24(21,22)14-6-2-1-3-7-14/h4-5,8-9,14,18H,1-3,6-7,10-13H2.